The van der Waals surface area contributed by atoms with Gasteiger partial charge >= 0.3 is 5.97 Å². The Morgan fingerprint density at radius 3 is 2.55 bits per heavy atom. The molecular weight excluding hydrogens is 261 g/mol. The maximum absolute atomic E-state index is 13.6. The second-order valence-electron chi connectivity index (χ2n) is 5.58. The van der Waals surface area contributed by atoms with Gasteiger partial charge in [-0.15, -0.1) is 0 Å². The van der Waals surface area contributed by atoms with Crippen molar-refractivity contribution < 1.29 is 18.7 Å². The molecule has 1 N–H and O–H groups in total. The highest BCUT2D eigenvalue weighted by atomic mass is 19.1. The quantitative estimate of drug-likeness (QED) is 0.844. The molecule has 1 unspecified atom stereocenters. The summed E-state index contributed by atoms with van der Waals surface area (Å²) < 4.78 is 23.6. The molecule has 1 rings (SSSR count). The molecule has 0 aromatic heterocycles. The molecule has 0 aliphatic carbocycles. The van der Waals surface area contributed by atoms with Gasteiger partial charge in [0, 0.05) is 6.04 Å². The predicted molar refractivity (Wildman–Crippen MR) is 75.2 cm³/mol. The van der Waals surface area contributed by atoms with E-state index in [0.717, 1.165) is 5.56 Å². The van der Waals surface area contributed by atoms with Gasteiger partial charge in [-0.3, -0.25) is 4.79 Å². The molecule has 112 valence electrons. The minimum Gasteiger partial charge on any atom is -0.494 e. The average Bonchev–Trinajstić information content (AvgIpc) is 2.33. The molecule has 0 fully saturated rings. The highest BCUT2D eigenvalue weighted by Crippen LogP contribution is 2.21. The summed E-state index contributed by atoms with van der Waals surface area (Å²) in [7, 11) is 1.42. The van der Waals surface area contributed by atoms with Gasteiger partial charge < -0.3 is 14.8 Å². The standard InChI is InChI=1S/C15H22FNO3/c1-10(17-9-14(18)20-15(2,3)4)11-6-7-13(19-5)12(16)8-11/h6-8,10,17H,9H2,1-5H3. The molecule has 4 nitrogen and oxygen atoms in total. The lowest BCUT2D eigenvalue weighted by Crippen LogP contribution is -2.32. The average molecular weight is 283 g/mol. The van der Waals surface area contributed by atoms with Gasteiger partial charge in [-0.1, -0.05) is 6.07 Å². The second-order valence-corrected chi connectivity index (χ2v) is 5.58. The molecule has 1 atom stereocenters. The van der Waals surface area contributed by atoms with Gasteiger partial charge in [0.1, 0.15) is 5.60 Å². The van der Waals surface area contributed by atoms with E-state index in [4.69, 9.17) is 9.47 Å². The third-order valence-electron chi connectivity index (χ3n) is 2.65. The predicted octanol–water partition coefficient (Wildman–Crippen LogP) is 2.83. The summed E-state index contributed by atoms with van der Waals surface area (Å²) in [5.41, 5.74) is 0.237. The van der Waals surface area contributed by atoms with Gasteiger partial charge in [-0.05, 0) is 45.4 Å². The summed E-state index contributed by atoms with van der Waals surface area (Å²) in [6.45, 7) is 7.37. The summed E-state index contributed by atoms with van der Waals surface area (Å²) in [6.07, 6.45) is 0. The zero-order valence-corrected chi connectivity index (χ0v) is 12.6. The topological polar surface area (TPSA) is 47.6 Å². The number of benzene rings is 1. The first kappa shape index (κ1) is 16.4. The first-order valence-electron chi connectivity index (χ1n) is 6.51. The van der Waals surface area contributed by atoms with Crippen LogP contribution in [-0.2, 0) is 9.53 Å². The van der Waals surface area contributed by atoms with Crippen LogP contribution in [0.1, 0.15) is 39.3 Å². The third kappa shape index (κ3) is 5.17. The van der Waals surface area contributed by atoms with Gasteiger partial charge in [-0.25, -0.2) is 4.39 Å². The molecular formula is C15H22FNO3. The Morgan fingerprint density at radius 1 is 1.40 bits per heavy atom. The van der Waals surface area contributed by atoms with E-state index < -0.39 is 11.4 Å². The highest BCUT2D eigenvalue weighted by molar-refractivity contribution is 5.72. The van der Waals surface area contributed by atoms with Crippen LogP contribution in [0.2, 0.25) is 0 Å². The molecule has 0 heterocycles. The summed E-state index contributed by atoms with van der Waals surface area (Å²) >= 11 is 0. The van der Waals surface area contributed by atoms with E-state index in [9.17, 15) is 9.18 Å². The van der Waals surface area contributed by atoms with Crippen molar-refractivity contribution >= 4 is 5.97 Å². The first-order chi connectivity index (χ1) is 9.23. The van der Waals surface area contributed by atoms with Crippen LogP contribution >= 0.6 is 0 Å². The molecule has 20 heavy (non-hydrogen) atoms. The third-order valence-corrected chi connectivity index (χ3v) is 2.65. The van der Waals surface area contributed by atoms with E-state index in [0.29, 0.717) is 0 Å². The molecule has 5 heteroatoms. The van der Waals surface area contributed by atoms with Crippen molar-refractivity contribution in [2.45, 2.75) is 39.3 Å². The van der Waals surface area contributed by atoms with Crippen molar-refractivity contribution in [3.8, 4) is 5.75 Å². The maximum Gasteiger partial charge on any atom is 0.320 e. The summed E-state index contributed by atoms with van der Waals surface area (Å²) in [5, 5.41) is 3.00. The van der Waals surface area contributed by atoms with E-state index in [1.54, 1.807) is 12.1 Å². The number of methoxy groups -OCH3 is 1. The van der Waals surface area contributed by atoms with Crippen molar-refractivity contribution in [2.24, 2.45) is 0 Å². The molecule has 0 aliphatic heterocycles. The molecule has 0 saturated carbocycles. The van der Waals surface area contributed by atoms with Crippen molar-refractivity contribution in [3.63, 3.8) is 0 Å². The van der Waals surface area contributed by atoms with Crippen LogP contribution in [0.5, 0.6) is 5.75 Å². The van der Waals surface area contributed by atoms with Crippen LogP contribution in [0.4, 0.5) is 4.39 Å². The Bertz CT molecular complexity index is 469. The number of hydrogen-bond acceptors (Lipinski definition) is 4. The highest BCUT2D eigenvalue weighted by Gasteiger charge is 2.17. The fourth-order valence-electron chi connectivity index (χ4n) is 1.68. The maximum atomic E-state index is 13.6. The molecule has 0 amide bonds. The zero-order chi connectivity index (χ0) is 15.3. The minimum atomic E-state index is -0.506. The Kier molecular flexibility index (Phi) is 5.51. The first-order valence-corrected chi connectivity index (χ1v) is 6.51. The van der Waals surface area contributed by atoms with Crippen LogP contribution < -0.4 is 10.1 Å². The number of nitrogens with one attached hydrogen (secondary N) is 1. The summed E-state index contributed by atoms with van der Waals surface area (Å²) in [4.78, 5) is 11.6. The SMILES string of the molecule is COc1ccc(C(C)NCC(=O)OC(C)(C)C)cc1F. The van der Waals surface area contributed by atoms with Crippen LogP contribution in [0.25, 0.3) is 0 Å². The van der Waals surface area contributed by atoms with Crippen LogP contribution in [0.3, 0.4) is 0 Å². The number of hydrogen-bond donors (Lipinski definition) is 1. The number of carbonyl (C=O) groups is 1. The molecule has 0 bridgehead atoms. The Hall–Kier alpha value is -1.62. The van der Waals surface area contributed by atoms with Crippen LogP contribution in [0, 0.1) is 5.82 Å². The number of carbonyl (C=O) groups excluding carboxylic acids is 1. The molecule has 0 aliphatic rings. The largest absolute Gasteiger partial charge is 0.494 e. The van der Waals surface area contributed by atoms with Crippen molar-refractivity contribution in [2.75, 3.05) is 13.7 Å². The monoisotopic (exact) mass is 283 g/mol. The minimum absolute atomic E-state index is 0.0755. The number of esters is 1. The molecule has 0 radical (unpaired) electrons. The molecule has 1 aromatic rings. The van der Waals surface area contributed by atoms with Gasteiger partial charge in [0.05, 0.1) is 13.7 Å². The van der Waals surface area contributed by atoms with Gasteiger partial charge in [-0.2, -0.15) is 0 Å². The van der Waals surface area contributed by atoms with E-state index in [-0.39, 0.29) is 24.3 Å². The van der Waals surface area contributed by atoms with Crippen molar-refractivity contribution in [3.05, 3.63) is 29.6 Å². The lowest BCUT2D eigenvalue weighted by Gasteiger charge is -2.21. The normalized spacial score (nSPS) is 12.9. The molecule has 1 aromatic carbocycles. The van der Waals surface area contributed by atoms with Crippen LogP contribution in [0.15, 0.2) is 18.2 Å². The van der Waals surface area contributed by atoms with E-state index in [2.05, 4.69) is 5.32 Å². The summed E-state index contributed by atoms with van der Waals surface area (Å²) in [6, 6.07) is 4.55. The Labute approximate surface area is 119 Å². The second kappa shape index (κ2) is 6.70. The van der Waals surface area contributed by atoms with E-state index in [1.165, 1.54) is 13.2 Å². The van der Waals surface area contributed by atoms with Gasteiger partial charge in [0.2, 0.25) is 0 Å². The smallest absolute Gasteiger partial charge is 0.320 e. The van der Waals surface area contributed by atoms with E-state index in [1.807, 2.05) is 27.7 Å². The molecule has 0 spiro atoms. The number of halogens is 1. The zero-order valence-electron chi connectivity index (χ0n) is 12.6. The van der Waals surface area contributed by atoms with Crippen molar-refractivity contribution in [1.29, 1.82) is 0 Å². The van der Waals surface area contributed by atoms with Gasteiger partial charge in [0.15, 0.2) is 11.6 Å². The summed E-state index contributed by atoms with van der Waals surface area (Å²) in [5.74, 6) is -0.553. The molecule has 0 saturated heterocycles. The van der Waals surface area contributed by atoms with E-state index >= 15 is 0 Å². The van der Waals surface area contributed by atoms with Crippen LogP contribution in [-0.4, -0.2) is 25.2 Å². The fourth-order valence-corrected chi connectivity index (χ4v) is 1.68. The van der Waals surface area contributed by atoms with Gasteiger partial charge in [0.25, 0.3) is 0 Å². The lowest BCUT2D eigenvalue weighted by molar-refractivity contribution is -0.153. The number of ether oxygens (including phenoxy) is 2. The Balaban J connectivity index is 2.57. The van der Waals surface area contributed by atoms with Crippen molar-refractivity contribution in [1.82, 2.24) is 5.32 Å². The fraction of sp³-hybridized carbons (Fsp3) is 0.533. The number of rotatable bonds is 5. The lowest BCUT2D eigenvalue weighted by atomic mass is 10.1. The Morgan fingerprint density at radius 2 is 2.05 bits per heavy atom.